The molecule has 2 aromatic carbocycles. The Kier molecular flexibility index (Phi) is 5.63. The first-order valence-corrected chi connectivity index (χ1v) is 10.7. The zero-order valence-corrected chi connectivity index (χ0v) is 18.4. The van der Waals surface area contributed by atoms with Gasteiger partial charge in [0.2, 0.25) is 0 Å². The predicted octanol–water partition coefficient (Wildman–Crippen LogP) is 3.18. The molecule has 2 fully saturated rings. The molecule has 2 aliphatic heterocycles. The molecule has 0 amide bonds. The van der Waals surface area contributed by atoms with E-state index in [0.29, 0.717) is 5.56 Å². The zero-order valence-electron chi connectivity index (χ0n) is 18.4. The molecule has 2 aromatic rings. The van der Waals surface area contributed by atoms with Crippen LogP contribution >= 0.6 is 0 Å². The molecule has 6 heteroatoms. The van der Waals surface area contributed by atoms with Gasteiger partial charge in [0, 0.05) is 38.4 Å². The molecule has 0 bridgehead atoms. The van der Waals surface area contributed by atoms with E-state index in [1.807, 2.05) is 24.3 Å². The SMILES string of the molecule is CC1(C)OB(c2ccc(CN3CCN(c4ccc(C#N)cc4)CC3)cc2)OC1(C)C. The van der Waals surface area contributed by atoms with Crippen molar-refractivity contribution in [3.8, 4) is 6.07 Å². The van der Waals surface area contributed by atoms with E-state index in [-0.39, 0.29) is 18.3 Å². The number of hydrogen-bond acceptors (Lipinski definition) is 5. The van der Waals surface area contributed by atoms with Crippen molar-refractivity contribution in [2.75, 3.05) is 31.1 Å². The van der Waals surface area contributed by atoms with E-state index in [9.17, 15) is 0 Å². The largest absolute Gasteiger partial charge is 0.494 e. The quantitative estimate of drug-likeness (QED) is 0.734. The normalized spacial score (nSPS) is 20.9. The summed E-state index contributed by atoms with van der Waals surface area (Å²) in [7, 11) is -0.306. The average molecular weight is 403 g/mol. The molecule has 156 valence electrons. The Balaban J connectivity index is 1.31. The first-order valence-electron chi connectivity index (χ1n) is 10.7. The van der Waals surface area contributed by atoms with Crippen LogP contribution in [0.5, 0.6) is 0 Å². The second-order valence-electron chi connectivity index (χ2n) is 9.25. The van der Waals surface area contributed by atoms with Crippen molar-refractivity contribution in [2.24, 2.45) is 0 Å². The fraction of sp³-hybridized carbons (Fsp3) is 0.458. The van der Waals surface area contributed by atoms with Crippen LogP contribution in [0.25, 0.3) is 0 Å². The van der Waals surface area contributed by atoms with Gasteiger partial charge in [-0.25, -0.2) is 0 Å². The third-order valence-electron chi connectivity index (χ3n) is 6.65. The van der Waals surface area contributed by atoms with E-state index >= 15 is 0 Å². The molecule has 0 aliphatic carbocycles. The van der Waals surface area contributed by atoms with Gasteiger partial charge in [0.05, 0.1) is 22.8 Å². The highest BCUT2D eigenvalue weighted by molar-refractivity contribution is 6.62. The van der Waals surface area contributed by atoms with Crippen LogP contribution in [0.1, 0.15) is 38.8 Å². The Bertz CT molecular complexity index is 895. The molecule has 4 rings (SSSR count). The topological polar surface area (TPSA) is 48.7 Å². The lowest BCUT2D eigenvalue weighted by molar-refractivity contribution is 0.00578. The van der Waals surface area contributed by atoms with E-state index in [2.05, 4.69) is 67.8 Å². The molecule has 0 aromatic heterocycles. The standard InChI is InChI=1S/C24H30BN3O2/c1-23(2)24(3,4)30-25(29-23)21-9-5-20(6-10-21)18-27-13-15-28(16-14-27)22-11-7-19(17-26)8-12-22/h5-12H,13-16,18H2,1-4H3. The first kappa shape index (κ1) is 20.9. The summed E-state index contributed by atoms with van der Waals surface area (Å²) in [5, 5.41) is 8.95. The lowest BCUT2D eigenvalue weighted by atomic mass is 9.79. The maximum atomic E-state index is 8.95. The molecule has 30 heavy (non-hydrogen) atoms. The molecule has 0 saturated carbocycles. The Labute approximate surface area is 180 Å². The van der Waals surface area contributed by atoms with Crippen molar-refractivity contribution in [3.63, 3.8) is 0 Å². The van der Waals surface area contributed by atoms with Gasteiger partial charge < -0.3 is 14.2 Å². The number of nitrogens with zero attached hydrogens (tertiary/aromatic N) is 3. The summed E-state index contributed by atoms with van der Waals surface area (Å²) in [4.78, 5) is 4.88. The molecule has 2 saturated heterocycles. The van der Waals surface area contributed by atoms with Crippen molar-refractivity contribution in [2.45, 2.75) is 45.4 Å². The minimum Gasteiger partial charge on any atom is -0.399 e. The summed E-state index contributed by atoms with van der Waals surface area (Å²) >= 11 is 0. The molecule has 0 N–H and O–H groups in total. The second kappa shape index (κ2) is 8.07. The second-order valence-corrected chi connectivity index (χ2v) is 9.25. The van der Waals surface area contributed by atoms with Crippen molar-refractivity contribution in [3.05, 3.63) is 59.7 Å². The maximum absolute atomic E-state index is 8.95. The highest BCUT2D eigenvalue weighted by Crippen LogP contribution is 2.36. The summed E-state index contributed by atoms with van der Waals surface area (Å²) < 4.78 is 12.3. The Morgan fingerprint density at radius 2 is 1.43 bits per heavy atom. The van der Waals surface area contributed by atoms with Gasteiger partial charge in [-0.2, -0.15) is 5.26 Å². The molecule has 0 unspecified atom stereocenters. The van der Waals surface area contributed by atoms with Gasteiger partial charge in [-0.05, 0) is 63.0 Å². The summed E-state index contributed by atoms with van der Waals surface area (Å²) in [5.74, 6) is 0. The fourth-order valence-corrected chi connectivity index (χ4v) is 3.93. The molecule has 0 atom stereocenters. The molecular formula is C24H30BN3O2. The van der Waals surface area contributed by atoms with Crippen LogP contribution in [-0.2, 0) is 15.9 Å². The van der Waals surface area contributed by atoms with E-state index in [4.69, 9.17) is 14.6 Å². The Morgan fingerprint density at radius 3 is 1.97 bits per heavy atom. The number of benzene rings is 2. The van der Waals surface area contributed by atoms with Crippen LogP contribution < -0.4 is 10.4 Å². The van der Waals surface area contributed by atoms with Gasteiger partial charge in [0.25, 0.3) is 0 Å². The smallest absolute Gasteiger partial charge is 0.399 e. The minimum absolute atomic E-state index is 0.306. The lowest BCUT2D eigenvalue weighted by Gasteiger charge is -2.36. The van der Waals surface area contributed by atoms with Crippen LogP contribution in [0.15, 0.2) is 48.5 Å². The number of rotatable bonds is 4. The van der Waals surface area contributed by atoms with Crippen LogP contribution in [0, 0.1) is 11.3 Å². The van der Waals surface area contributed by atoms with E-state index in [1.54, 1.807) is 0 Å². The summed E-state index contributed by atoms with van der Waals surface area (Å²) in [6.07, 6.45) is 0. The van der Waals surface area contributed by atoms with Gasteiger partial charge >= 0.3 is 7.12 Å². The van der Waals surface area contributed by atoms with Gasteiger partial charge in [-0.15, -0.1) is 0 Å². The lowest BCUT2D eigenvalue weighted by Crippen LogP contribution is -2.46. The molecule has 2 heterocycles. The van der Waals surface area contributed by atoms with E-state index in [1.165, 1.54) is 11.3 Å². The minimum atomic E-state index is -0.315. The first-order chi connectivity index (χ1) is 14.3. The summed E-state index contributed by atoms with van der Waals surface area (Å²) in [6.45, 7) is 13.3. The molecule has 0 radical (unpaired) electrons. The van der Waals surface area contributed by atoms with Gasteiger partial charge in [-0.3, -0.25) is 4.90 Å². The van der Waals surface area contributed by atoms with Crippen LogP contribution in [0.4, 0.5) is 5.69 Å². The highest BCUT2D eigenvalue weighted by Gasteiger charge is 2.51. The van der Waals surface area contributed by atoms with Crippen LogP contribution in [0.2, 0.25) is 0 Å². The number of piperazine rings is 1. The summed E-state index contributed by atoms with van der Waals surface area (Å²) in [6, 6.07) is 18.7. The molecule has 5 nitrogen and oxygen atoms in total. The fourth-order valence-electron chi connectivity index (χ4n) is 3.93. The maximum Gasteiger partial charge on any atom is 0.494 e. The third kappa shape index (κ3) is 4.25. The Morgan fingerprint density at radius 1 is 0.867 bits per heavy atom. The van der Waals surface area contributed by atoms with Crippen molar-refractivity contribution < 1.29 is 9.31 Å². The van der Waals surface area contributed by atoms with Gasteiger partial charge in [-0.1, -0.05) is 24.3 Å². The van der Waals surface area contributed by atoms with Gasteiger partial charge in [0.15, 0.2) is 0 Å². The number of hydrogen-bond donors (Lipinski definition) is 0. The van der Waals surface area contributed by atoms with Crippen LogP contribution in [0.3, 0.4) is 0 Å². The Hall–Kier alpha value is -2.33. The van der Waals surface area contributed by atoms with Crippen molar-refractivity contribution in [1.82, 2.24) is 4.90 Å². The highest BCUT2D eigenvalue weighted by atomic mass is 16.7. The monoisotopic (exact) mass is 403 g/mol. The van der Waals surface area contributed by atoms with Crippen molar-refractivity contribution >= 4 is 18.3 Å². The average Bonchev–Trinajstić information content (AvgIpc) is 2.96. The molecule has 0 spiro atoms. The summed E-state index contributed by atoms with van der Waals surface area (Å²) in [5.41, 5.74) is 3.66. The van der Waals surface area contributed by atoms with Crippen LogP contribution in [-0.4, -0.2) is 49.4 Å². The number of nitriles is 1. The number of anilines is 1. The van der Waals surface area contributed by atoms with Gasteiger partial charge in [0.1, 0.15) is 0 Å². The van der Waals surface area contributed by atoms with E-state index in [0.717, 1.165) is 38.2 Å². The third-order valence-corrected chi connectivity index (χ3v) is 6.65. The predicted molar refractivity (Wildman–Crippen MR) is 121 cm³/mol. The van der Waals surface area contributed by atoms with Crippen molar-refractivity contribution in [1.29, 1.82) is 5.26 Å². The zero-order chi connectivity index (χ0) is 21.4. The van der Waals surface area contributed by atoms with E-state index < -0.39 is 0 Å². The molecular weight excluding hydrogens is 373 g/mol. The molecule has 2 aliphatic rings.